The highest BCUT2D eigenvalue weighted by molar-refractivity contribution is 5.11. The fourth-order valence-electron chi connectivity index (χ4n) is 4.53. The van der Waals surface area contributed by atoms with Crippen LogP contribution in [0.3, 0.4) is 0 Å². The van der Waals surface area contributed by atoms with E-state index in [9.17, 15) is 0 Å². The van der Waals surface area contributed by atoms with Gasteiger partial charge in [-0.15, -0.1) is 0 Å². The molecular weight excluding hydrogens is 188 g/mol. The van der Waals surface area contributed by atoms with Gasteiger partial charge in [0.25, 0.3) is 0 Å². The van der Waals surface area contributed by atoms with Crippen LogP contribution >= 0.6 is 0 Å². The van der Waals surface area contributed by atoms with Crippen LogP contribution in [0.15, 0.2) is 0 Å². The lowest BCUT2D eigenvalue weighted by molar-refractivity contribution is -0.337. The van der Waals surface area contributed by atoms with Gasteiger partial charge in [0.15, 0.2) is 5.79 Å². The molecule has 2 heteroatoms. The Morgan fingerprint density at radius 1 is 1.07 bits per heavy atom. The van der Waals surface area contributed by atoms with Gasteiger partial charge in [-0.25, -0.2) is 0 Å². The molecule has 3 aliphatic rings. The molecule has 2 nitrogen and oxygen atoms in total. The Balaban J connectivity index is 1.77. The van der Waals surface area contributed by atoms with E-state index in [1.807, 2.05) is 0 Å². The summed E-state index contributed by atoms with van der Waals surface area (Å²) in [5.41, 5.74) is 0. The molecule has 86 valence electrons. The summed E-state index contributed by atoms with van der Waals surface area (Å²) in [4.78, 5) is 0. The fourth-order valence-corrected chi connectivity index (χ4v) is 4.53. The van der Waals surface area contributed by atoms with Crippen LogP contribution in [-0.2, 0) is 9.47 Å². The quantitative estimate of drug-likeness (QED) is 0.664. The maximum Gasteiger partial charge on any atom is 0.171 e. The van der Waals surface area contributed by atoms with Crippen LogP contribution in [0.25, 0.3) is 0 Å². The summed E-state index contributed by atoms with van der Waals surface area (Å²) >= 11 is 0. The Labute approximate surface area is 92.3 Å². The molecule has 3 fully saturated rings. The number of hydrogen-bond donors (Lipinski definition) is 0. The largest absolute Gasteiger partial charge is 0.350 e. The molecule has 0 radical (unpaired) electrons. The molecule has 0 aliphatic heterocycles. The van der Waals surface area contributed by atoms with E-state index in [2.05, 4.69) is 13.8 Å². The van der Waals surface area contributed by atoms with Crippen molar-refractivity contribution in [2.24, 2.45) is 23.7 Å². The van der Waals surface area contributed by atoms with Crippen molar-refractivity contribution in [2.75, 3.05) is 13.2 Å². The first-order valence-corrected chi connectivity index (χ1v) is 6.58. The van der Waals surface area contributed by atoms with Gasteiger partial charge in [-0.05, 0) is 50.9 Å². The zero-order chi connectivity index (χ0) is 10.5. The van der Waals surface area contributed by atoms with Crippen molar-refractivity contribution in [2.45, 2.75) is 45.3 Å². The van der Waals surface area contributed by atoms with Crippen molar-refractivity contribution in [3.05, 3.63) is 0 Å². The third kappa shape index (κ3) is 1.24. The molecule has 15 heavy (non-hydrogen) atoms. The van der Waals surface area contributed by atoms with Gasteiger partial charge in [0.2, 0.25) is 0 Å². The van der Waals surface area contributed by atoms with E-state index in [-0.39, 0.29) is 5.79 Å². The molecule has 0 spiro atoms. The average Bonchev–Trinajstić information content (AvgIpc) is 2.73. The summed E-state index contributed by atoms with van der Waals surface area (Å²) < 4.78 is 11.9. The third-order valence-corrected chi connectivity index (χ3v) is 4.89. The highest BCUT2D eigenvalue weighted by atomic mass is 16.7. The van der Waals surface area contributed by atoms with Gasteiger partial charge in [-0.3, -0.25) is 0 Å². The first kappa shape index (κ1) is 10.1. The minimum absolute atomic E-state index is 0.173. The molecule has 3 rings (SSSR count). The molecule has 0 saturated heterocycles. The first-order valence-electron chi connectivity index (χ1n) is 6.58. The van der Waals surface area contributed by atoms with Gasteiger partial charge in [0.1, 0.15) is 0 Å². The normalized spacial score (nSPS) is 45.2. The highest BCUT2D eigenvalue weighted by Gasteiger charge is 2.66. The van der Waals surface area contributed by atoms with Crippen LogP contribution in [0.2, 0.25) is 0 Å². The standard InChI is InChI=1S/C13H22O2/c1-3-14-13(15-4-2)8-11-9-5-6-10(7-9)12(11)13/h9-12H,3-8H2,1-2H3. The van der Waals surface area contributed by atoms with E-state index in [1.165, 1.54) is 25.7 Å². The molecule has 4 atom stereocenters. The van der Waals surface area contributed by atoms with E-state index in [1.54, 1.807) is 0 Å². The number of rotatable bonds is 4. The minimum atomic E-state index is -0.173. The lowest BCUT2D eigenvalue weighted by Crippen LogP contribution is -2.59. The van der Waals surface area contributed by atoms with Crippen LogP contribution in [-0.4, -0.2) is 19.0 Å². The third-order valence-electron chi connectivity index (χ3n) is 4.89. The van der Waals surface area contributed by atoms with Crippen LogP contribution in [0.5, 0.6) is 0 Å². The summed E-state index contributed by atoms with van der Waals surface area (Å²) in [6.45, 7) is 5.75. The van der Waals surface area contributed by atoms with Crippen molar-refractivity contribution in [3.63, 3.8) is 0 Å². The van der Waals surface area contributed by atoms with Crippen LogP contribution in [0.1, 0.15) is 39.5 Å². The minimum Gasteiger partial charge on any atom is -0.350 e. The second-order valence-corrected chi connectivity index (χ2v) is 5.40. The highest BCUT2D eigenvalue weighted by Crippen LogP contribution is 2.66. The Bertz CT molecular complexity index is 243. The number of hydrogen-bond acceptors (Lipinski definition) is 2. The lowest BCUT2D eigenvalue weighted by Gasteiger charge is -2.55. The predicted octanol–water partition coefficient (Wildman–Crippen LogP) is 2.82. The summed E-state index contributed by atoms with van der Waals surface area (Å²) in [6, 6.07) is 0. The SMILES string of the molecule is CCOC1(OCC)CC2C3CCC(C3)C21. The molecule has 3 aliphatic carbocycles. The van der Waals surface area contributed by atoms with Crippen LogP contribution in [0, 0.1) is 23.7 Å². The van der Waals surface area contributed by atoms with Crippen molar-refractivity contribution < 1.29 is 9.47 Å². The molecule has 0 aromatic rings. The Morgan fingerprint density at radius 2 is 1.73 bits per heavy atom. The van der Waals surface area contributed by atoms with Crippen molar-refractivity contribution in [1.29, 1.82) is 0 Å². The second-order valence-electron chi connectivity index (χ2n) is 5.40. The molecule has 0 aromatic heterocycles. The molecule has 0 aromatic carbocycles. The first-order chi connectivity index (χ1) is 7.30. The zero-order valence-corrected chi connectivity index (χ0v) is 9.87. The van der Waals surface area contributed by atoms with E-state index < -0.39 is 0 Å². The molecule has 0 heterocycles. The lowest BCUT2D eigenvalue weighted by atomic mass is 9.61. The topological polar surface area (TPSA) is 18.5 Å². The number of fused-ring (bicyclic) bond motifs is 5. The van der Waals surface area contributed by atoms with Gasteiger partial charge in [-0.2, -0.15) is 0 Å². The summed E-state index contributed by atoms with van der Waals surface area (Å²) in [5.74, 6) is 3.41. The van der Waals surface area contributed by atoms with Crippen molar-refractivity contribution >= 4 is 0 Å². The molecule has 2 bridgehead atoms. The van der Waals surface area contributed by atoms with Gasteiger partial charge in [0, 0.05) is 25.6 Å². The van der Waals surface area contributed by atoms with Crippen LogP contribution in [0.4, 0.5) is 0 Å². The van der Waals surface area contributed by atoms with Crippen molar-refractivity contribution in [3.8, 4) is 0 Å². The summed E-state index contributed by atoms with van der Waals surface area (Å²) in [5, 5.41) is 0. The van der Waals surface area contributed by atoms with Crippen LogP contribution < -0.4 is 0 Å². The molecule has 4 unspecified atom stereocenters. The molecule has 3 saturated carbocycles. The number of ether oxygens (including phenoxy) is 2. The average molecular weight is 210 g/mol. The van der Waals surface area contributed by atoms with E-state index in [4.69, 9.17) is 9.47 Å². The summed E-state index contributed by atoms with van der Waals surface area (Å²) in [7, 11) is 0. The van der Waals surface area contributed by atoms with Crippen molar-refractivity contribution in [1.82, 2.24) is 0 Å². The maximum atomic E-state index is 5.95. The second kappa shape index (κ2) is 3.46. The zero-order valence-electron chi connectivity index (χ0n) is 9.87. The molecular formula is C13H22O2. The monoisotopic (exact) mass is 210 g/mol. The van der Waals surface area contributed by atoms with E-state index >= 15 is 0 Å². The van der Waals surface area contributed by atoms with Gasteiger partial charge in [0.05, 0.1) is 0 Å². The summed E-state index contributed by atoms with van der Waals surface area (Å²) in [6.07, 6.45) is 5.52. The Hall–Kier alpha value is -0.0800. The van der Waals surface area contributed by atoms with Gasteiger partial charge in [-0.1, -0.05) is 0 Å². The molecule has 0 amide bonds. The maximum absolute atomic E-state index is 5.95. The Kier molecular flexibility index (Phi) is 2.33. The smallest absolute Gasteiger partial charge is 0.171 e. The van der Waals surface area contributed by atoms with E-state index in [0.29, 0.717) is 0 Å². The molecule has 0 N–H and O–H groups in total. The predicted molar refractivity (Wildman–Crippen MR) is 58.4 cm³/mol. The fraction of sp³-hybridized carbons (Fsp3) is 1.00. The van der Waals surface area contributed by atoms with Gasteiger partial charge < -0.3 is 9.47 Å². The van der Waals surface area contributed by atoms with Gasteiger partial charge >= 0.3 is 0 Å². The van der Waals surface area contributed by atoms with E-state index in [0.717, 1.165) is 36.9 Å². The Morgan fingerprint density at radius 3 is 2.33 bits per heavy atom.